The summed E-state index contributed by atoms with van der Waals surface area (Å²) >= 11 is 6.12. The number of carbonyl (C=O) groups excluding carboxylic acids is 1. The number of nitrogens with zero attached hydrogens (tertiary/aromatic N) is 6. The number of aromatic nitrogens is 5. The maximum Gasteiger partial charge on any atom is 0.273 e. The van der Waals surface area contributed by atoms with Crippen molar-refractivity contribution in [1.82, 2.24) is 29.2 Å². The molecule has 1 saturated heterocycles. The molecule has 0 atom stereocenters. The highest BCUT2D eigenvalue weighted by molar-refractivity contribution is 6.33. The van der Waals surface area contributed by atoms with Gasteiger partial charge in [0.15, 0.2) is 0 Å². The van der Waals surface area contributed by atoms with Gasteiger partial charge < -0.3 is 9.47 Å². The molecule has 1 aliphatic rings. The van der Waals surface area contributed by atoms with Gasteiger partial charge in [0.25, 0.3) is 5.91 Å². The summed E-state index contributed by atoms with van der Waals surface area (Å²) < 4.78 is 3.69. The number of amides is 1. The monoisotopic (exact) mass is 384 g/mol. The van der Waals surface area contributed by atoms with E-state index in [1.807, 2.05) is 35.5 Å². The molecule has 8 heteroatoms. The summed E-state index contributed by atoms with van der Waals surface area (Å²) in [6, 6.07) is 5.93. The van der Waals surface area contributed by atoms with Crippen molar-refractivity contribution in [2.24, 2.45) is 7.05 Å². The van der Waals surface area contributed by atoms with Crippen molar-refractivity contribution in [1.29, 1.82) is 0 Å². The average molecular weight is 385 g/mol. The lowest BCUT2D eigenvalue weighted by Gasteiger charge is -2.32. The molecule has 27 heavy (non-hydrogen) atoms. The van der Waals surface area contributed by atoms with E-state index >= 15 is 0 Å². The van der Waals surface area contributed by atoms with Crippen LogP contribution in [-0.2, 0) is 13.6 Å². The second-order valence-corrected chi connectivity index (χ2v) is 7.17. The first-order valence-corrected chi connectivity index (χ1v) is 9.39. The minimum atomic E-state index is -0.0599. The molecule has 3 aromatic rings. The van der Waals surface area contributed by atoms with Gasteiger partial charge in [0, 0.05) is 44.6 Å². The van der Waals surface area contributed by atoms with Crippen molar-refractivity contribution >= 4 is 17.5 Å². The highest BCUT2D eigenvalue weighted by Gasteiger charge is 2.29. The summed E-state index contributed by atoms with van der Waals surface area (Å²) in [5.74, 6) is 1.33. The van der Waals surface area contributed by atoms with Crippen LogP contribution < -0.4 is 0 Å². The Hall–Kier alpha value is -2.67. The number of aryl methyl sites for hydroxylation is 1. The first kappa shape index (κ1) is 17.7. The van der Waals surface area contributed by atoms with E-state index in [0.717, 1.165) is 24.4 Å². The van der Waals surface area contributed by atoms with Crippen LogP contribution in [0.5, 0.6) is 0 Å². The Balaban J connectivity index is 1.43. The van der Waals surface area contributed by atoms with Crippen LogP contribution in [0.4, 0.5) is 0 Å². The standard InChI is InChI=1S/C19H21ClN6O/c1-24-17(16(20)12-23-24)19(27)25-9-5-14(6-10-25)18-22-8-11-26(18)13-15-4-2-3-7-21-15/h2-4,7-8,11-12,14H,5-6,9-10,13H2,1H3. The van der Waals surface area contributed by atoms with Crippen LogP contribution in [0.15, 0.2) is 43.0 Å². The van der Waals surface area contributed by atoms with Crippen LogP contribution >= 0.6 is 11.6 Å². The van der Waals surface area contributed by atoms with Gasteiger partial charge in [-0.2, -0.15) is 5.10 Å². The second kappa shape index (κ2) is 7.52. The molecule has 3 aromatic heterocycles. The molecule has 1 aliphatic heterocycles. The van der Waals surface area contributed by atoms with Gasteiger partial charge in [-0.15, -0.1) is 0 Å². The normalized spacial score (nSPS) is 15.3. The number of likely N-dealkylation sites (tertiary alicyclic amines) is 1. The van der Waals surface area contributed by atoms with Crippen molar-refractivity contribution in [2.75, 3.05) is 13.1 Å². The summed E-state index contributed by atoms with van der Waals surface area (Å²) in [5.41, 5.74) is 1.46. The fraction of sp³-hybridized carbons (Fsp3) is 0.368. The summed E-state index contributed by atoms with van der Waals surface area (Å²) in [4.78, 5) is 23.6. The van der Waals surface area contributed by atoms with Gasteiger partial charge in [0.1, 0.15) is 11.5 Å². The third kappa shape index (κ3) is 3.60. The quantitative estimate of drug-likeness (QED) is 0.693. The third-order valence-corrected chi connectivity index (χ3v) is 5.33. The Morgan fingerprint density at radius 3 is 2.70 bits per heavy atom. The Labute approximate surface area is 162 Å². The first-order valence-electron chi connectivity index (χ1n) is 9.01. The van der Waals surface area contributed by atoms with Crippen LogP contribution in [0.25, 0.3) is 0 Å². The Morgan fingerprint density at radius 2 is 2.04 bits per heavy atom. The SMILES string of the molecule is Cn1ncc(Cl)c1C(=O)N1CCC(c2nccn2Cc2ccccn2)CC1. The number of hydrogen-bond acceptors (Lipinski definition) is 4. The molecule has 7 nitrogen and oxygen atoms in total. The predicted octanol–water partition coefficient (Wildman–Crippen LogP) is 2.73. The Morgan fingerprint density at radius 1 is 1.22 bits per heavy atom. The maximum absolute atomic E-state index is 12.8. The number of imidazole rings is 1. The Kier molecular flexibility index (Phi) is 4.94. The van der Waals surface area contributed by atoms with E-state index in [9.17, 15) is 4.79 Å². The lowest BCUT2D eigenvalue weighted by molar-refractivity contribution is 0.0699. The van der Waals surface area contributed by atoms with Crippen molar-refractivity contribution in [3.05, 3.63) is 65.2 Å². The van der Waals surface area contributed by atoms with Crippen LogP contribution in [0.2, 0.25) is 5.02 Å². The van der Waals surface area contributed by atoms with Crippen molar-refractivity contribution in [3.63, 3.8) is 0 Å². The molecule has 1 fully saturated rings. The molecule has 0 unspecified atom stereocenters. The lowest BCUT2D eigenvalue weighted by atomic mass is 9.95. The van der Waals surface area contributed by atoms with Gasteiger partial charge in [-0.25, -0.2) is 4.98 Å². The molecule has 0 radical (unpaired) electrons. The summed E-state index contributed by atoms with van der Waals surface area (Å²) in [6.45, 7) is 2.07. The van der Waals surface area contributed by atoms with E-state index in [0.29, 0.717) is 36.3 Å². The minimum Gasteiger partial charge on any atom is -0.337 e. The fourth-order valence-corrected chi connectivity index (χ4v) is 3.87. The van der Waals surface area contributed by atoms with Gasteiger partial charge in [-0.05, 0) is 25.0 Å². The van der Waals surface area contributed by atoms with Gasteiger partial charge in [0.05, 0.1) is 23.5 Å². The zero-order valence-electron chi connectivity index (χ0n) is 15.1. The Bertz CT molecular complexity index is 907. The second-order valence-electron chi connectivity index (χ2n) is 6.77. The van der Waals surface area contributed by atoms with Crippen molar-refractivity contribution in [3.8, 4) is 0 Å². The van der Waals surface area contributed by atoms with E-state index in [1.165, 1.54) is 10.9 Å². The summed E-state index contributed by atoms with van der Waals surface area (Å²) in [5, 5.41) is 4.46. The highest BCUT2D eigenvalue weighted by Crippen LogP contribution is 2.28. The largest absolute Gasteiger partial charge is 0.337 e. The van der Waals surface area contributed by atoms with Crippen LogP contribution in [0.3, 0.4) is 0 Å². The number of hydrogen-bond donors (Lipinski definition) is 0. The highest BCUT2D eigenvalue weighted by atomic mass is 35.5. The fourth-order valence-electron chi connectivity index (χ4n) is 3.62. The van der Waals surface area contributed by atoms with E-state index in [1.54, 1.807) is 13.2 Å². The van der Waals surface area contributed by atoms with Crippen molar-refractivity contribution in [2.45, 2.75) is 25.3 Å². The van der Waals surface area contributed by atoms with Gasteiger partial charge in [-0.1, -0.05) is 17.7 Å². The number of piperidine rings is 1. The molecule has 0 N–H and O–H groups in total. The number of rotatable bonds is 4. The van der Waals surface area contributed by atoms with Gasteiger partial charge in [-0.3, -0.25) is 14.5 Å². The average Bonchev–Trinajstić information content (AvgIpc) is 3.28. The molecular formula is C19H21ClN6O. The molecule has 0 bridgehead atoms. The molecule has 0 aliphatic carbocycles. The number of pyridine rings is 1. The molecule has 4 heterocycles. The lowest BCUT2D eigenvalue weighted by Crippen LogP contribution is -2.39. The molecule has 140 valence electrons. The topological polar surface area (TPSA) is 68.8 Å². The summed E-state index contributed by atoms with van der Waals surface area (Å²) in [6.07, 6.45) is 8.90. The maximum atomic E-state index is 12.8. The number of carbonyl (C=O) groups is 1. The zero-order chi connectivity index (χ0) is 18.8. The van der Waals surface area contributed by atoms with E-state index < -0.39 is 0 Å². The minimum absolute atomic E-state index is 0.0599. The zero-order valence-corrected chi connectivity index (χ0v) is 15.9. The number of halogens is 1. The molecule has 0 saturated carbocycles. The van der Waals surface area contributed by atoms with Crippen LogP contribution in [0, 0.1) is 0 Å². The smallest absolute Gasteiger partial charge is 0.273 e. The molecule has 1 amide bonds. The van der Waals surface area contributed by atoms with E-state index in [2.05, 4.69) is 19.6 Å². The predicted molar refractivity (Wildman–Crippen MR) is 102 cm³/mol. The van der Waals surface area contributed by atoms with Gasteiger partial charge >= 0.3 is 0 Å². The first-order chi connectivity index (χ1) is 13.1. The third-order valence-electron chi connectivity index (χ3n) is 5.05. The van der Waals surface area contributed by atoms with E-state index in [4.69, 9.17) is 11.6 Å². The van der Waals surface area contributed by atoms with Crippen LogP contribution in [0.1, 0.15) is 40.8 Å². The van der Waals surface area contributed by atoms with Crippen LogP contribution in [-0.4, -0.2) is 48.2 Å². The molecular weight excluding hydrogens is 364 g/mol. The molecule has 4 rings (SSSR count). The van der Waals surface area contributed by atoms with Gasteiger partial charge in [0.2, 0.25) is 0 Å². The van der Waals surface area contributed by atoms with Crippen molar-refractivity contribution < 1.29 is 4.79 Å². The van der Waals surface area contributed by atoms with E-state index in [-0.39, 0.29) is 5.91 Å². The molecule has 0 aromatic carbocycles. The molecule has 0 spiro atoms. The summed E-state index contributed by atoms with van der Waals surface area (Å²) in [7, 11) is 1.74.